The van der Waals surface area contributed by atoms with Crippen molar-refractivity contribution in [2.75, 3.05) is 11.1 Å². The van der Waals surface area contributed by atoms with Crippen molar-refractivity contribution in [1.82, 2.24) is 9.55 Å². The predicted molar refractivity (Wildman–Crippen MR) is 78.0 cm³/mol. The number of nitrogens with one attached hydrogen (secondary N) is 1. The lowest BCUT2D eigenvalue weighted by Gasteiger charge is -2.06. The van der Waals surface area contributed by atoms with Crippen LogP contribution in [0.4, 0.5) is 5.69 Å². The zero-order chi connectivity index (χ0) is 13.9. The highest BCUT2D eigenvalue weighted by molar-refractivity contribution is 7.99. The number of anilines is 1. The van der Waals surface area contributed by atoms with Crippen molar-refractivity contribution in [3.63, 3.8) is 0 Å². The maximum atomic E-state index is 11.9. The van der Waals surface area contributed by atoms with Crippen LogP contribution in [0.25, 0.3) is 0 Å². The highest BCUT2D eigenvalue weighted by atomic mass is 32.2. The van der Waals surface area contributed by atoms with Gasteiger partial charge in [-0.3, -0.25) is 4.79 Å². The van der Waals surface area contributed by atoms with Crippen LogP contribution >= 0.6 is 11.8 Å². The van der Waals surface area contributed by atoms with Crippen LogP contribution in [0.15, 0.2) is 41.8 Å². The van der Waals surface area contributed by atoms with Gasteiger partial charge in [-0.2, -0.15) is 0 Å². The van der Waals surface area contributed by atoms with Gasteiger partial charge in [0.2, 0.25) is 5.91 Å². The average Bonchev–Trinajstić information content (AvgIpc) is 3.18. The number of aromatic nitrogens is 2. The largest absolute Gasteiger partial charge is 0.508 e. The summed E-state index contributed by atoms with van der Waals surface area (Å²) in [6.45, 7) is 0. The van der Waals surface area contributed by atoms with E-state index in [4.69, 9.17) is 0 Å². The Morgan fingerprint density at radius 2 is 2.15 bits per heavy atom. The van der Waals surface area contributed by atoms with E-state index in [1.807, 2.05) is 6.20 Å². The van der Waals surface area contributed by atoms with Gasteiger partial charge < -0.3 is 15.0 Å². The van der Waals surface area contributed by atoms with Gasteiger partial charge in [0, 0.05) is 24.1 Å². The van der Waals surface area contributed by atoms with Crippen LogP contribution in [-0.2, 0) is 4.79 Å². The summed E-state index contributed by atoms with van der Waals surface area (Å²) in [6, 6.07) is 7.00. The molecule has 20 heavy (non-hydrogen) atoms. The molecule has 1 heterocycles. The number of benzene rings is 1. The maximum Gasteiger partial charge on any atom is 0.234 e. The summed E-state index contributed by atoms with van der Waals surface area (Å²) in [7, 11) is 0. The quantitative estimate of drug-likeness (QED) is 0.656. The Morgan fingerprint density at radius 3 is 2.85 bits per heavy atom. The standard InChI is InChI=1S/C14H15N3O2S/c18-12-5-1-10(2-6-12)16-13(19)9-20-14-15-7-8-17(14)11-3-4-11/h1-2,5-8,11,18H,3-4,9H2,(H,16,19). The first-order valence-electron chi connectivity index (χ1n) is 6.47. The molecule has 104 valence electrons. The second-order valence-electron chi connectivity index (χ2n) is 4.73. The van der Waals surface area contributed by atoms with Gasteiger partial charge >= 0.3 is 0 Å². The predicted octanol–water partition coefficient (Wildman–Crippen LogP) is 2.65. The lowest BCUT2D eigenvalue weighted by molar-refractivity contribution is -0.113. The molecule has 0 spiro atoms. The van der Waals surface area contributed by atoms with Crippen molar-refractivity contribution in [1.29, 1.82) is 0 Å². The topological polar surface area (TPSA) is 67.2 Å². The molecule has 0 bridgehead atoms. The fourth-order valence-corrected chi connectivity index (χ4v) is 2.74. The fourth-order valence-electron chi connectivity index (χ4n) is 1.91. The van der Waals surface area contributed by atoms with E-state index in [0.717, 1.165) is 5.16 Å². The van der Waals surface area contributed by atoms with Crippen LogP contribution in [0.1, 0.15) is 18.9 Å². The third-order valence-corrected chi connectivity index (χ3v) is 4.04. The molecule has 0 aliphatic heterocycles. The summed E-state index contributed by atoms with van der Waals surface area (Å²) in [5, 5.41) is 12.9. The van der Waals surface area contributed by atoms with Gasteiger partial charge in [0.05, 0.1) is 5.75 Å². The number of amides is 1. The molecule has 2 N–H and O–H groups in total. The molecule has 6 heteroatoms. The van der Waals surface area contributed by atoms with Crippen molar-refractivity contribution >= 4 is 23.4 Å². The number of hydrogen-bond acceptors (Lipinski definition) is 4. The molecular weight excluding hydrogens is 274 g/mol. The third-order valence-electron chi connectivity index (χ3n) is 3.06. The molecule has 1 amide bonds. The molecule has 1 aromatic heterocycles. The number of aromatic hydroxyl groups is 1. The molecule has 0 atom stereocenters. The Bertz CT molecular complexity index is 605. The lowest BCUT2D eigenvalue weighted by atomic mass is 10.3. The number of nitrogens with zero attached hydrogens (tertiary/aromatic N) is 2. The van der Waals surface area contributed by atoms with Gasteiger partial charge in [0.15, 0.2) is 5.16 Å². The van der Waals surface area contributed by atoms with Crippen LogP contribution in [0.5, 0.6) is 5.75 Å². The maximum absolute atomic E-state index is 11.9. The summed E-state index contributed by atoms with van der Waals surface area (Å²) in [4.78, 5) is 16.1. The first-order valence-corrected chi connectivity index (χ1v) is 7.45. The highest BCUT2D eigenvalue weighted by Gasteiger charge is 2.25. The van der Waals surface area contributed by atoms with E-state index in [0.29, 0.717) is 17.5 Å². The number of carbonyl (C=O) groups excluding carboxylic acids is 1. The Hall–Kier alpha value is -1.95. The number of carbonyl (C=O) groups is 1. The Morgan fingerprint density at radius 1 is 1.40 bits per heavy atom. The molecular formula is C14H15N3O2S. The number of phenolic OH excluding ortho intramolecular Hbond substituents is 1. The van der Waals surface area contributed by atoms with Crippen LogP contribution in [-0.4, -0.2) is 26.3 Å². The summed E-state index contributed by atoms with van der Waals surface area (Å²) >= 11 is 1.44. The second-order valence-corrected chi connectivity index (χ2v) is 5.67. The minimum Gasteiger partial charge on any atom is -0.508 e. The third kappa shape index (κ3) is 3.14. The van der Waals surface area contributed by atoms with Gasteiger partial charge in [-0.1, -0.05) is 11.8 Å². The summed E-state index contributed by atoms with van der Waals surface area (Å²) < 4.78 is 2.14. The van der Waals surface area contributed by atoms with Gasteiger partial charge in [0.1, 0.15) is 5.75 Å². The highest BCUT2D eigenvalue weighted by Crippen LogP contribution is 2.37. The smallest absolute Gasteiger partial charge is 0.234 e. The molecule has 0 saturated heterocycles. The van der Waals surface area contributed by atoms with E-state index in [1.54, 1.807) is 30.5 Å². The average molecular weight is 289 g/mol. The van der Waals surface area contributed by atoms with Gasteiger partial charge in [0.25, 0.3) is 0 Å². The summed E-state index contributed by atoms with van der Waals surface area (Å²) in [5.74, 6) is 0.430. The van der Waals surface area contributed by atoms with Gasteiger partial charge in [-0.15, -0.1) is 0 Å². The first kappa shape index (κ1) is 13.1. The van der Waals surface area contributed by atoms with Crippen LogP contribution < -0.4 is 5.32 Å². The molecule has 2 aromatic rings. The van der Waals surface area contributed by atoms with Crippen LogP contribution in [0.3, 0.4) is 0 Å². The SMILES string of the molecule is O=C(CSc1nccn1C1CC1)Nc1ccc(O)cc1. The Labute approximate surface area is 121 Å². The van der Waals surface area contributed by atoms with Gasteiger partial charge in [-0.05, 0) is 37.1 Å². The van der Waals surface area contributed by atoms with Crippen LogP contribution in [0, 0.1) is 0 Å². The number of hydrogen-bond donors (Lipinski definition) is 2. The minimum atomic E-state index is -0.0777. The molecule has 5 nitrogen and oxygen atoms in total. The Kier molecular flexibility index (Phi) is 3.64. The number of thioether (sulfide) groups is 1. The van der Waals surface area contributed by atoms with E-state index < -0.39 is 0 Å². The van der Waals surface area contributed by atoms with E-state index in [1.165, 1.54) is 24.6 Å². The van der Waals surface area contributed by atoms with E-state index in [9.17, 15) is 9.90 Å². The number of rotatable bonds is 5. The van der Waals surface area contributed by atoms with E-state index >= 15 is 0 Å². The first-order chi connectivity index (χ1) is 9.72. The fraction of sp³-hybridized carbons (Fsp3) is 0.286. The van der Waals surface area contributed by atoms with Crippen molar-refractivity contribution in [3.8, 4) is 5.75 Å². The number of phenols is 1. The van der Waals surface area contributed by atoms with Crippen LogP contribution in [0.2, 0.25) is 0 Å². The zero-order valence-corrected chi connectivity index (χ0v) is 11.6. The van der Waals surface area contributed by atoms with Crippen molar-refractivity contribution in [2.24, 2.45) is 0 Å². The number of imidazole rings is 1. The summed E-state index contributed by atoms with van der Waals surface area (Å²) in [6.07, 6.45) is 6.14. The van der Waals surface area contributed by atoms with Crippen molar-refractivity contribution in [2.45, 2.75) is 24.0 Å². The lowest BCUT2D eigenvalue weighted by Crippen LogP contribution is -2.14. The molecule has 1 saturated carbocycles. The zero-order valence-electron chi connectivity index (χ0n) is 10.8. The second kappa shape index (κ2) is 5.58. The molecule has 3 rings (SSSR count). The molecule has 1 aliphatic carbocycles. The van der Waals surface area contributed by atoms with Crippen molar-refractivity contribution < 1.29 is 9.90 Å². The Balaban J connectivity index is 1.54. The molecule has 1 fully saturated rings. The normalized spacial score (nSPS) is 14.2. The summed E-state index contributed by atoms with van der Waals surface area (Å²) in [5.41, 5.74) is 0.680. The molecule has 1 aromatic carbocycles. The van der Waals surface area contributed by atoms with E-state index in [2.05, 4.69) is 14.9 Å². The minimum absolute atomic E-state index is 0.0777. The van der Waals surface area contributed by atoms with Gasteiger partial charge in [-0.25, -0.2) is 4.98 Å². The molecule has 0 radical (unpaired) electrons. The molecule has 1 aliphatic rings. The monoisotopic (exact) mass is 289 g/mol. The molecule has 0 unspecified atom stereocenters. The van der Waals surface area contributed by atoms with E-state index in [-0.39, 0.29) is 11.7 Å². The van der Waals surface area contributed by atoms with Crippen molar-refractivity contribution in [3.05, 3.63) is 36.7 Å².